The van der Waals surface area contributed by atoms with Gasteiger partial charge >= 0.3 is 0 Å². The monoisotopic (exact) mass is 530 g/mol. The fourth-order valence-electron chi connectivity index (χ4n) is 2.62. The lowest BCUT2D eigenvalue weighted by Gasteiger charge is -2.09. The number of hydrogen-bond donors (Lipinski definition) is 2. The molecule has 2 heterocycles. The minimum atomic E-state index is -0.296. The van der Waals surface area contributed by atoms with Crippen molar-refractivity contribution < 1.29 is 9.21 Å². The van der Waals surface area contributed by atoms with Gasteiger partial charge in [0.2, 0.25) is 5.89 Å². The first-order chi connectivity index (χ1) is 14.0. The smallest absolute Gasteiger partial charge is 0.257 e. The van der Waals surface area contributed by atoms with Crippen LogP contribution >= 0.6 is 44.1 Å². The van der Waals surface area contributed by atoms with E-state index in [2.05, 4.69) is 52.5 Å². The summed E-state index contributed by atoms with van der Waals surface area (Å²) >= 11 is 12.0. The van der Waals surface area contributed by atoms with Crippen molar-refractivity contribution >= 4 is 71.9 Å². The van der Waals surface area contributed by atoms with Gasteiger partial charge in [0.15, 0.2) is 10.7 Å². The molecule has 0 aliphatic carbocycles. The molecule has 29 heavy (non-hydrogen) atoms. The van der Waals surface area contributed by atoms with Gasteiger partial charge in [0.05, 0.1) is 5.56 Å². The minimum absolute atomic E-state index is 0.189. The summed E-state index contributed by atoms with van der Waals surface area (Å²) in [6, 6.07) is 14.3. The van der Waals surface area contributed by atoms with E-state index in [-0.39, 0.29) is 11.0 Å². The molecule has 0 spiro atoms. The fraction of sp³-hybridized carbons (Fsp3) is 0. The SMILES string of the molecule is O=C(NC(=S)Nc1ccc2oc(-c3cncc(Br)c3)nc2c1)c1cccc(Br)c1. The number of carbonyl (C=O) groups is 1. The molecular formula is C20H12Br2N4O2S. The molecule has 0 bridgehead atoms. The first-order valence-electron chi connectivity index (χ1n) is 8.37. The number of thiocarbonyl (C=S) groups is 1. The van der Waals surface area contributed by atoms with Crippen LogP contribution in [0.25, 0.3) is 22.6 Å². The van der Waals surface area contributed by atoms with E-state index in [1.54, 1.807) is 48.8 Å². The second-order valence-electron chi connectivity index (χ2n) is 6.01. The van der Waals surface area contributed by atoms with Crippen LogP contribution in [0.1, 0.15) is 10.4 Å². The molecule has 0 radical (unpaired) electrons. The number of carbonyl (C=O) groups excluding carboxylic acids is 1. The third-order valence-electron chi connectivity index (χ3n) is 3.91. The van der Waals surface area contributed by atoms with Crippen molar-refractivity contribution in [2.75, 3.05) is 5.32 Å². The Labute approximate surface area is 188 Å². The first kappa shape index (κ1) is 19.7. The van der Waals surface area contributed by atoms with E-state index in [1.807, 2.05) is 12.1 Å². The average Bonchev–Trinajstić information content (AvgIpc) is 3.11. The third-order valence-corrected chi connectivity index (χ3v) is 5.04. The summed E-state index contributed by atoms with van der Waals surface area (Å²) in [6.45, 7) is 0. The number of anilines is 1. The summed E-state index contributed by atoms with van der Waals surface area (Å²) in [4.78, 5) is 20.9. The predicted octanol–water partition coefficient (Wildman–Crippen LogP) is 5.54. The second-order valence-corrected chi connectivity index (χ2v) is 8.25. The molecule has 1 amide bonds. The predicted molar refractivity (Wildman–Crippen MR) is 123 cm³/mol. The van der Waals surface area contributed by atoms with E-state index in [9.17, 15) is 4.79 Å². The highest BCUT2D eigenvalue weighted by molar-refractivity contribution is 9.10. The van der Waals surface area contributed by atoms with Gasteiger partial charge in [0.25, 0.3) is 5.91 Å². The molecule has 0 saturated carbocycles. The maximum absolute atomic E-state index is 12.3. The van der Waals surface area contributed by atoms with Crippen LogP contribution in [0.2, 0.25) is 0 Å². The van der Waals surface area contributed by atoms with Crippen LogP contribution in [0.5, 0.6) is 0 Å². The molecule has 4 aromatic rings. The zero-order valence-electron chi connectivity index (χ0n) is 14.6. The Hall–Kier alpha value is -2.62. The number of nitrogens with one attached hydrogen (secondary N) is 2. The van der Waals surface area contributed by atoms with Gasteiger partial charge in [-0.3, -0.25) is 15.1 Å². The molecule has 144 valence electrons. The molecule has 0 aliphatic rings. The van der Waals surface area contributed by atoms with Crippen LogP contribution in [0.4, 0.5) is 5.69 Å². The van der Waals surface area contributed by atoms with Crippen molar-refractivity contribution in [1.29, 1.82) is 0 Å². The molecule has 0 unspecified atom stereocenters. The number of aromatic nitrogens is 2. The Balaban J connectivity index is 1.49. The summed E-state index contributed by atoms with van der Waals surface area (Å²) in [6.07, 6.45) is 3.37. The molecular weight excluding hydrogens is 520 g/mol. The number of nitrogens with zero attached hydrogens (tertiary/aromatic N) is 2. The normalized spacial score (nSPS) is 10.7. The van der Waals surface area contributed by atoms with Crippen LogP contribution in [-0.4, -0.2) is 21.0 Å². The van der Waals surface area contributed by atoms with Crippen LogP contribution in [0.15, 0.2) is 74.3 Å². The van der Waals surface area contributed by atoms with Gasteiger partial charge in [-0.1, -0.05) is 22.0 Å². The third kappa shape index (κ3) is 4.69. The molecule has 4 rings (SSSR count). The summed E-state index contributed by atoms with van der Waals surface area (Å²) < 4.78 is 7.45. The molecule has 0 saturated heterocycles. The molecule has 2 N–H and O–H groups in total. The van der Waals surface area contributed by atoms with Crippen molar-refractivity contribution in [1.82, 2.24) is 15.3 Å². The molecule has 0 atom stereocenters. The van der Waals surface area contributed by atoms with Crippen molar-refractivity contribution in [3.8, 4) is 11.5 Å². The fourth-order valence-corrected chi connectivity index (χ4v) is 3.60. The summed E-state index contributed by atoms with van der Waals surface area (Å²) in [5, 5.41) is 5.84. The molecule has 2 aromatic heterocycles. The lowest BCUT2D eigenvalue weighted by molar-refractivity contribution is 0.0977. The molecule has 6 nitrogen and oxygen atoms in total. The summed E-state index contributed by atoms with van der Waals surface area (Å²) in [5.41, 5.74) is 3.25. The number of fused-ring (bicyclic) bond motifs is 1. The zero-order chi connectivity index (χ0) is 20.4. The number of benzene rings is 2. The van der Waals surface area contributed by atoms with Crippen molar-refractivity contribution in [2.24, 2.45) is 0 Å². The topological polar surface area (TPSA) is 80.0 Å². The molecule has 2 aromatic carbocycles. The van der Waals surface area contributed by atoms with Gasteiger partial charge in [0, 0.05) is 32.6 Å². The Kier molecular flexibility index (Phi) is 5.70. The number of oxazole rings is 1. The largest absolute Gasteiger partial charge is 0.436 e. The highest BCUT2D eigenvalue weighted by atomic mass is 79.9. The quantitative estimate of drug-likeness (QED) is 0.338. The average molecular weight is 532 g/mol. The van der Waals surface area contributed by atoms with Gasteiger partial charge in [0.1, 0.15) is 5.52 Å². The zero-order valence-corrected chi connectivity index (χ0v) is 18.6. The molecule has 9 heteroatoms. The van der Waals surface area contributed by atoms with Crippen LogP contribution < -0.4 is 10.6 Å². The Morgan fingerprint density at radius 3 is 2.69 bits per heavy atom. The summed E-state index contributed by atoms with van der Waals surface area (Å²) in [7, 11) is 0. The number of amides is 1. The van der Waals surface area contributed by atoms with E-state index in [1.165, 1.54) is 0 Å². The van der Waals surface area contributed by atoms with Crippen molar-refractivity contribution in [3.63, 3.8) is 0 Å². The van der Waals surface area contributed by atoms with E-state index in [4.69, 9.17) is 16.6 Å². The van der Waals surface area contributed by atoms with E-state index < -0.39 is 0 Å². The van der Waals surface area contributed by atoms with Crippen LogP contribution in [0.3, 0.4) is 0 Å². The first-order valence-corrected chi connectivity index (χ1v) is 10.4. The highest BCUT2D eigenvalue weighted by Gasteiger charge is 2.12. The Bertz CT molecular complexity index is 1240. The molecule has 0 aliphatic heterocycles. The lowest BCUT2D eigenvalue weighted by atomic mass is 10.2. The van der Waals surface area contributed by atoms with E-state index >= 15 is 0 Å². The van der Waals surface area contributed by atoms with Gasteiger partial charge in [-0.2, -0.15) is 0 Å². The van der Waals surface area contributed by atoms with Crippen molar-refractivity contribution in [3.05, 3.63) is 75.4 Å². The minimum Gasteiger partial charge on any atom is -0.436 e. The number of rotatable bonds is 3. The standard InChI is InChI=1S/C20H12Br2N4O2S/c21-13-3-1-2-11(6-13)18(27)26-20(29)24-15-4-5-17-16(8-15)25-19(28-17)12-7-14(22)10-23-9-12/h1-10H,(H2,24,26,27,29). The second kappa shape index (κ2) is 8.40. The number of hydrogen-bond acceptors (Lipinski definition) is 5. The van der Waals surface area contributed by atoms with Gasteiger partial charge in [-0.15, -0.1) is 0 Å². The summed E-state index contributed by atoms with van der Waals surface area (Å²) in [5.74, 6) is 0.173. The molecule has 0 fully saturated rings. The van der Waals surface area contributed by atoms with Crippen LogP contribution in [0, 0.1) is 0 Å². The van der Waals surface area contributed by atoms with Gasteiger partial charge in [-0.25, -0.2) is 4.98 Å². The maximum atomic E-state index is 12.3. The van der Waals surface area contributed by atoms with E-state index in [0.29, 0.717) is 28.2 Å². The number of pyridine rings is 1. The van der Waals surface area contributed by atoms with Crippen LogP contribution in [-0.2, 0) is 0 Å². The van der Waals surface area contributed by atoms with Crippen molar-refractivity contribution in [2.45, 2.75) is 0 Å². The Morgan fingerprint density at radius 2 is 1.90 bits per heavy atom. The van der Waals surface area contributed by atoms with Gasteiger partial charge < -0.3 is 9.73 Å². The highest BCUT2D eigenvalue weighted by Crippen LogP contribution is 2.27. The van der Waals surface area contributed by atoms with E-state index in [0.717, 1.165) is 14.5 Å². The van der Waals surface area contributed by atoms with Gasteiger partial charge in [-0.05, 0) is 70.6 Å². The lowest BCUT2D eigenvalue weighted by Crippen LogP contribution is -2.34. The Morgan fingerprint density at radius 1 is 1.03 bits per heavy atom. The maximum Gasteiger partial charge on any atom is 0.257 e. The number of halogens is 2.